The molecule has 4 fully saturated rings. The molecule has 0 aromatic carbocycles. The summed E-state index contributed by atoms with van der Waals surface area (Å²) in [6, 6.07) is 2.20. The van der Waals surface area contributed by atoms with Gasteiger partial charge in [0, 0.05) is 13.3 Å². The second-order valence-corrected chi connectivity index (χ2v) is 12.9. The van der Waals surface area contributed by atoms with Gasteiger partial charge in [-0.3, -0.25) is 4.68 Å². The van der Waals surface area contributed by atoms with Crippen LogP contribution in [-0.4, -0.2) is 33.2 Å². The van der Waals surface area contributed by atoms with Crippen molar-refractivity contribution in [2.75, 3.05) is 7.11 Å². The van der Waals surface area contributed by atoms with Crippen LogP contribution in [0.25, 0.3) is 0 Å². The van der Waals surface area contributed by atoms with Gasteiger partial charge in [0.25, 0.3) is 0 Å². The highest BCUT2D eigenvalue weighted by atomic mass is 16.5. The zero-order valence-corrected chi connectivity index (χ0v) is 21.8. The minimum Gasteiger partial charge on any atom is -0.390 e. The van der Waals surface area contributed by atoms with Gasteiger partial charge in [0.05, 0.1) is 29.5 Å². The number of aromatic nitrogens is 2. The summed E-state index contributed by atoms with van der Waals surface area (Å²) in [4.78, 5) is 0. The minimum absolute atomic E-state index is 0.284. The molecule has 188 valence electrons. The number of methoxy groups -OCH3 is 1. The predicted octanol–water partition coefficient (Wildman–Crippen LogP) is 5.96. The summed E-state index contributed by atoms with van der Waals surface area (Å²) in [6.45, 7) is 7.76. The third-order valence-corrected chi connectivity index (χ3v) is 11.3. The molecule has 1 aromatic heterocycles. The van der Waals surface area contributed by atoms with E-state index in [1.807, 2.05) is 18.0 Å². The van der Waals surface area contributed by atoms with Crippen LogP contribution >= 0.6 is 0 Å². The molecule has 34 heavy (non-hydrogen) atoms. The molecule has 0 bridgehead atoms. The third kappa shape index (κ3) is 3.94. The van der Waals surface area contributed by atoms with E-state index >= 15 is 0 Å². The molecule has 0 saturated heterocycles. The molecule has 0 radical (unpaired) electrons. The Balaban J connectivity index is 1.33. The van der Waals surface area contributed by atoms with Crippen LogP contribution in [0.5, 0.6) is 0 Å². The van der Waals surface area contributed by atoms with Gasteiger partial charge >= 0.3 is 0 Å². The van der Waals surface area contributed by atoms with Crippen LogP contribution in [-0.2, 0) is 11.3 Å². The number of nitriles is 1. The molecule has 4 aliphatic carbocycles. The second-order valence-electron chi connectivity index (χ2n) is 12.9. The molecular formula is C29H45N3O2. The van der Waals surface area contributed by atoms with Crippen LogP contribution in [0.3, 0.4) is 0 Å². The van der Waals surface area contributed by atoms with Crippen LogP contribution in [0, 0.1) is 52.3 Å². The average molecular weight is 468 g/mol. The first-order chi connectivity index (χ1) is 16.2. The number of rotatable bonds is 6. The van der Waals surface area contributed by atoms with E-state index in [1.54, 1.807) is 6.20 Å². The Morgan fingerprint density at radius 1 is 1.18 bits per heavy atom. The van der Waals surface area contributed by atoms with E-state index in [1.165, 1.54) is 44.9 Å². The van der Waals surface area contributed by atoms with Crippen molar-refractivity contribution in [3.05, 3.63) is 18.0 Å². The Labute approximate surface area is 206 Å². The minimum atomic E-state index is -0.386. The molecule has 0 aliphatic heterocycles. The standard InChI is InChI=1S/C29H45N3O2/c1-5-12-29(33)14-11-22-21(15-29)6-7-24-23(22)10-13-27(2)25(24)8-9-26(27)28(3,34-4)19-32-18-20(16-30)17-31-32/h17-18,21-26,33H,5-15,19H2,1-4H3/t21-,22+,23-,24-,25+,26+,27+,28?,29-/m1/s1. The Morgan fingerprint density at radius 2 is 1.97 bits per heavy atom. The van der Waals surface area contributed by atoms with E-state index in [4.69, 9.17) is 4.74 Å². The average Bonchev–Trinajstić information content (AvgIpc) is 3.42. The lowest BCUT2D eigenvalue weighted by Gasteiger charge is -2.58. The van der Waals surface area contributed by atoms with E-state index in [0.29, 0.717) is 23.4 Å². The van der Waals surface area contributed by atoms with Gasteiger partial charge in [0.2, 0.25) is 0 Å². The molecule has 4 aliphatic rings. The highest BCUT2D eigenvalue weighted by Gasteiger charge is 2.61. The van der Waals surface area contributed by atoms with Crippen molar-refractivity contribution in [3.63, 3.8) is 0 Å². The van der Waals surface area contributed by atoms with Gasteiger partial charge < -0.3 is 9.84 Å². The molecule has 9 atom stereocenters. The highest BCUT2D eigenvalue weighted by Crippen LogP contribution is 2.66. The van der Waals surface area contributed by atoms with Gasteiger partial charge in [0.1, 0.15) is 6.07 Å². The summed E-state index contributed by atoms with van der Waals surface area (Å²) in [5.41, 5.74) is 0.252. The first-order valence-corrected chi connectivity index (χ1v) is 14.0. The fourth-order valence-electron chi connectivity index (χ4n) is 9.80. The maximum Gasteiger partial charge on any atom is 0.102 e. The first kappa shape index (κ1) is 24.3. The topological polar surface area (TPSA) is 71.1 Å². The lowest BCUT2D eigenvalue weighted by molar-refractivity contribution is -0.139. The normalized spacial score (nSPS) is 43.3. The summed E-state index contributed by atoms with van der Waals surface area (Å²) in [6.07, 6.45) is 16.8. The quantitative estimate of drug-likeness (QED) is 0.560. The van der Waals surface area contributed by atoms with Crippen LogP contribution < -0.4 is 0 Å². The molecule has 1 heterocycles. The fraction of sp³-hybridized carbons (Fsp3) is 0.862. The van der Waals surface area contributed by atoms with Crippen LogP contribution in [0.2, 0.25) is 0 Å². The van der Waals surface area contributed by atoms with Crippen molar-refractivity contribution in [1.82, 2.24) is 9.78 Å². The third-order valence-electron chi connectivity index (χ3n) is 11.3. The molecule has 0 amide bonds. The van der Waals surface area contributed by atoms with Gasteiger partial charge in [-0.15, -0.1) is 0 Å². The number of fused-ring (bicyclic) bond motifs is 5. The van der Waals surface area contributed by atoms with Crippen molar-refractivity contribution in [3.8, 4) is 6.07 Å². The predicted molar refractivity (Wildman–Crippen MR) is 133 cm³/mol. The van der Waals surface area contributed by atoms with E-state index in [0.717, 1.165) is 55.3 Å². The van der Waals surface area contributed by atoms with Crippen molar-refractivity contribution in [2.45, 2.75) is 109 Å². The van der Waals surface area contributed by atoms with Crippen LogP contribution in [0.15, 0.2) is 12.4 Å². The Hall–Kier alpha value is -1.38. The number of aliphatic hydroxyl groups is 1. The number of hydrogen-bond acceptors (Lipinski definition) is 4. The van der Waals surface area contributed by atoms with Crippen molar-refractivity contribution < 1.29 is 9.84 Å². The number of nitrogens with zero attached hydrogens (tertiary/aromatic N) is 3. The second kappa shape index (κ2) is 8.93. The summed E-state index contributed by atoms with van der Waals surface area (Å²) < 4.78 is 8.19. The zero-order chi connectivity index (χ0) is 24.1. The lowest BCUT2D eigenvalue weighted by atomic mass is 9.48. The van der Waals surface area contributed by atoms with Crippen LogP contribution in [0.1, 0.15) is 97.0 Å². The molecule has 1 N–H and O–H groups in total. The molecule has 5 rings (SSSR count). The Bertz CT molecular complexity index is 923. The van der Waals surface area contributed by atoms with Crippen molar-refractivity contribution in [2.24, 2.45) is 40.9 Å². The van der Waals surface area contributed by atoms with Gasteiger partial charge in [-0.2, -0.15) is 10.4 Å². The zero-order valence-electron chi connectivity index (χ0n) is 21.8. The molecule has 5 nitrogen and oxygen atoms in total. The summed E-state index contributed by atoms with van der Waals surface area (Å²) in [7, 11) is 1.86. The molecular weight excluding hydrogens is 422 g/mol. The summed E-state index contributed by atoms with van der Waals surface area (Å²) in [5, 5.41) is 24.8. The van der Waals surface area contributed by atoms with Gasteiger partial charge in [-0.1, -0.05) is 20.3 Å². The maximum absolute atomic E-state index is 11.1. The van der Waals surface area contributed by atoms with Crippen LogP contribution in [0.4, 0.5) is 0 Å². The number of hydrogen-bond donors (Lipinski definition) is 1. The maximum atomic E-state index is 11.1. The molecule has 5 heteroatoms. The van der Waals surface area contributed by atoms with Crippen molar-refractivity contribution >= 4 is 0 Å². The SMILES string of the molecule is CCC[C@@]1(O)CC[C@H]2[C@H](CC[C@@H]3[C@@H]2CC[C@]2(C)[C@@H](C(C)(Cn4cc(C#N)cn4)OC)CC[C@@H]32)C1. The Kier molecular flexibility index (Phi) is 6.39. The Morgan fingerprint density at radius 3 is 2.68 bits per heavy atom. The van der Waals surface area contributed by atoms with Gasteiger partial charge in [-0.05, 0) is 112 Å². The molecule has 0 spiro atoms. The molecule has 1 unspecified atom stereocenters. The van der Waals surface area contributed by atoms with E-state index in [-0.39, 0.29) is 11.2 Å². The van der Waals surface area contributed by atoms with E-state index in [9.17, 15) is 10.4 Å². The van der Waals surface area contributed by atoms with Gasteiger partial charge in [0.15, 0.2) is 0 Å². The van der Waals surface area contributed by atoms with E-state index in [2.05, 4.69) is 31.9 Å². The summed E-state index contributed by atoms with van der Waals surface area (Å²) in [5.74, 6) is 4.58. The summed E-state index contributed by atoms with van der Waals surface area (Å²) >= 11 is 0. The molecule has 1 aromatic rings. The molecule has 4 saturated carbocycles. The van der Waals surface area contributed by atoms with E-state index < -0.39 is 0 Å². The highest BCUT2D eigenvalue weighted by molar-refractivity contribution is 5.22. The smallest absolute Gasteiger partial charge is 0.102 e. The lowest BCUT2D eigenvalue weighted by Crippen LogP contribution is -2.54. The van der Waals surface area contributed by atoms with Gasteiger partial charge in [-0.25, -0.2) is 0 Å². The monoisotopic (exact) mass is 467 g/mol. The van der Waals surface area contributed by atoms with Crippen molar-refractivity contribution in [1.29, 1.82) is 5.26 Å². The largest absolute Gasteiger partial charge is 0.390 e. The number of ether oxygens (including phenoxy) is 1. The fourth-order valence-corrected chi connectivity index (χ4v) is 9.80. The first-order valence-electron chi connectivity index (χ1n) is 14.0.